The van der Waals surface area contributed by atoms with E-state index in [1.807, 2.05) is 38.1 Å². The number of para-hydroxylation sites is 1. The Morgan fingerprint density at radius 2 is 1.71 bits per heavy atom. The van der Waals surface area contributed by atoms with Crippen molar-refractivity contribution in [3.63, 3.8) is 0 Å². The van der Waals surface area contributed by atoms with Crippen molar-refractivity contribution in [2.45, 2.75) is 32.9 Å². The number of carbonyl (C=O) groups is 2. The highest BCUT2D eigenvalue weighted by atomic mass is 32.1. The molecule has 0 saturated carbocycles. The number of thiophene rings is 1. The molecular formula is C25H27N3O2S. The Hall–Kier alpha value is -2.96. The molecule has 0 aliphatic carbocycles. The molecule has 3 aromatic rings. The van der Waals surface area contributed by atoms with Gasteiger partial charge in [-0.05, 0) is 54.0 Å². The maximum Gasteiger partial charge on any atom is 0.313 e. The van der Waals surface area contributed by atoms with Gasteiger partial charge in [0.25, 0.3) is 0 Å². The summed E-state index contributed by atoms with van der Waals surface area (Å²) in [5.74, 6) is -1.24. The molecule has 0 spiro atoms. The third-order valence-corrected chi connectivity index (χ3v) is 6.83. The molecule has 0 saturated heterocycles. The molecule has 1 atom stereocenters. The Balaban J connectivity index is 1.44. The van der Waals surface area contributed by atoms with Gasteiger partial charge in [-0.1, -0.05) is 48.5 Å². The largest absolute Gasteiger partial charge is 0.346 e. The third-order valence-electron chi connectivity index (χ3n) is 5.85. The van der Waals surface area contributed by atoms with Crippen LogP contribution in [-0.2, 0) is 22.6 Å². The molecule has 31 heavy (non-hydrogen) atoms. The van der Waals surface area contributed by atoms with Crippen LogP contribution in [0.25, 0.3) is 0 Å². The van der Waals surface area contributed by atoms with Crippen molar-refractivity contribution < 1.29 is 9.59 Å². The number of anilines is 1. The lowest BCUT2D eigenvalue weighted by Crippen LogP contribution is -2.43. The van der Waals surface area contributed by atoms with Crippen LogP contribution in [0, 0.1) is 13.8 Å². The standard InChI is InChI=1S/C25H27N3O2S/c1-17-7-5-8-18(2)23(17)27-25(30)24(29)26-15-21(22-11-6-14-31-22)28-13-12-19-9-3-4-10-20(19)16-28/h3-11,14,21H,12-13,15-16H2,1-2H3,(H,26,29)(H,27,30)/t21-/m0/s1. The maximum absolute atomic E-state index is 12.6. The van der Waals surface area contributed by atoms with Gasteiger partial charge in [-0.25, -0.2) is 0 Å². The topological polar surface area (TPSA) is 61.4 Å². The van der Waals surface area contributed by atoms with Crippen LogP contribution < -0.4 is 10.6 Å². The van der Waals surface area contributed by atoms with E-state index in [9.17, 15) is 9.59 Å². The van der Waals surface area contributed by atoms with Crippen LogP contribution in [0.5, 0.6) is 0 Å². The van der Waals surface area contributed by atoms with Crippen molar-refractivity contribution in [1.82, 2.24) is 10.2 Å². The molecule has 0 radical (unpaired) electrons. The number of hydrogen-bond acceptors (Lipinski definition) is 4. The lowest BCUT2D eigenvalue weighted by molar-refractivity contribution is -0.136. The van der Waals surface area contributed by atoms with Crippen molar-refractivity contribution in [3.8, 4) is 0 Å². The van der Waals surface area contributed by atoms with Crippen LogP contribution >= 0.6 is 11.3 Å². The molecule has 1 aliphatic rings. The summed E-state index contributed by atoms with van der Waals surface area (Å²) >= 11 is 1.68. The predicted molar refractivity (Wildman–Crippen MR) is 125 cm³/mol. The van der Waals surface area contributed by atoms with E-state index in [2.05, 4.69) is 51.2 Å². The minimum absolute atomic E-state index is 0.0327. The van der Waals surface area contributed by atoms with Crippen LogP contribution in [-0.4, -0.2) is 29.8 Å². The van der Waals surface area contributed by atoms with Crippen LogP contribution in [0.4, 0.5) is 5.69 Å². The first-order valence-electron chi connectivity index (χ1n) is 10.5. The number of carbonyl (C=O) groups excluding carboxylic acids is 2. The monoisotopic (exact) mass is 433 g/mol. The number of aryl methyl sites for hydroxylation is 2. The van der Waals surface area contributed by atoms with Gasteiger partial charge in [0.2, 0.25) is 0 Å². The second-order valence-corrected chi connectivity index (χ2v) is 8.93. The van der Waals surface area contributed by atoms with Gasteiger partial charge in [-0.15, -0.1) is 11.3 Å². The van der Waals surface area contributed by atoms with Crippen molar-refractivity contribution in [3.05, 3.63) is 87.1 Å². The summed E-state index contributed by atoms with van der Waals surface area (Å²) in [5, 5.41) is 7.68. The SMILES string of the molecule is Cc1cccc(C)c1NC(=O)C(=O)NC[C@@H](c1cccs1)N1CCc2ccccc2C1. The van der Waals surface area contributed by atoms with E-state index in [-0.39, 0.29) is 6.04 Å². The number of hydrogen-bond donors (Lipinski definition) is 2. The summed E-state index contributed by atoms with van der Waals surface area (Å²) in [6, 6.07) is 18.4. The predicted octanol–water partition coefficient (Wildman–Crippen LogP) is 4.22. The molecule has 2 aromatic carbocycles. The maximum atomic E-state index is 12.6. The Morgan fingerprint density at radius 1 is 0.968 bits per heavy atom. The first kappa shape index (κ1) is 21.3. The summed E-state index contributed by atoms with van der Waals surface area (Å²) in [7, 11) is 0. The van der Waals surface area contributed by atoms with Crippen molar-refractivity contribution in [2.75, 3.05) is 18.4 Å². The molecule has 5 nitrogen and oxygen atoms in total. The molecule has 0 fully saturated rings. The van der Waals surface area contributed by atoms with Crippen LogP contribution in [0.2, 0.25) is 0 Å². The van der Waals surface area contributed by atoms with Crippen molar-refractivity contribution >= 4 is 28.8 Å². The summed E-state index contributed by atoms with van der Waals surface area (Å²) in [4.78, 5) is 28.7. The number of nitrogens with one attached hydrogen (secondary N) is 2. The number of benzene rings is 2. The summed E-state index contributed by atoms with van der Waals surface area (Å²) in [5.41, 5.74) is 5.29. The fraction of sp³-hybridized carbons (Fsp3) is 0.280. The number of fused-ring (bicyclic) bond motifs is 1. The van der Waals surface area contributed by atoms with E-state index in [4.69, 9.17) is 0 Å². The van der Waals surface area contributed by atoms with Gasteiger partial charge >= 0.3 is 11.8 Å². The van der Waals surface area contributed by atoms with Gasteiger partial charge in [0.15, 0.2) is 0 Å². The Labute approximate surface area is 187 Å². The van der Waals surface area contributed by atoms with E-state index in [0.29, 0.717) is 12.2 Å². The average molecular weight is 434 g/mol. The number of rotatable bonds is 5. The number of amides is 2. The van der Waals surface area contributed by atoms with Gasteiger partial charge in [0.1, 0.15) is 0 Å². The summed E-state index contributed by atoms with van der Waals surface area (Å²) in [6.45, 7) is 5.98. The highest BCUT2D eigenvalue weighted by Crippen LogP contribution is 2.30. The smallest absolute Gasteiger partial charge is 0.313 e. The molecule has 4 rings (SSSR count). The lowest BCUT2D eigenvalue weighted by atomic mass is 9.98. The molecular weight excluding hydrogens is 406 g/mol. The van der Waals surface area contributed by atoms with E-state index in [1.165, 1.54) is 16.0 Å². The quantitative estimate of drug-likeness (QED) is 0.593. The van der Waals surface area contributed by atoms with Crippen LogP contribution in [0.15, 0.2) is 60.0 Å². The molecule has 2 heterocycles. The van der Waals surface area contributed by atoms with Gasteiger partial charge in [0, 0.05) is 30.2 Å². The van der Waals surface area contributed by atoms with E-state index in [0.717, 1.165) is 30.6 Å². The fourth-order valence-corrected chi connectivity index (χ4v) is 4.99. The van der Waals surface area contributed by atoms with Gasteiger partial charge in [0.05, 0.1) is 6.04 Å². The van der Waals surface area contributed by atoms with Crippen LogP contribution in [0.3, 0.4) is 0 Å². The normalized spacial score (nSPS) is 14.5. The van der Waals surface area contributed by atoms with E-state index < -0.39 is 11.8 Å². The Morgan fingerprint density at radius 3 is 2.42 bits per heavy atom. The summed E-state index contributed by atoms with van der Waals surface area (Å²) < 4.78 is 0. The highest BCUT2D eigenvalue weighted by molar-refractivity contribution is 7.10. The first-order valence-corrected chi connectivity index (χ1v) is 11.4. The van der Waals surface area contributed by atoms with E-state index >= 15 is 0 Å². The Bertz CT molecular complexity index is 1060. The molecule has 6 heteroatoms. The van der Waals surface area contributed by atoms with Gasteiger partial charge in [-0.2, -0.15) is 0 Å². The lowest BCUT2D eigenvalue weighted by Gasteiger charge is -2.35. The zero-order valence-electron chi connectivity index (χ0n) is 17.9. The molecule has 1 aliphatic heterocycles. The van der Waals surface area contributed by atoms with Gasteiger partial charge < -0.3 is 10.6 Å². The van der Waals surface area contributed by atoms with E-state index in [1.54, 1.807) is 11.3 Å². The zero-order chi connectivity index (χ0) is 21.8. The molecule has 2 amide bonds. The second-order valence-electron chi connectivity index (χ2n) is 7.95. The first-order chi connectivity index (χ1) is 15.0. The van der Waals surface area contributed by atoms with Gasteiger partial charge in [-0.3, -0.25) is 14.5 Å². The number of nitrogens with zero attached hydrogens (tertiary/aromatic N) is 1. The molecule has 1 aromatic heterocycles. The van der Waals surface area contributed by atoms with Crippen LogP contribution in [0.1, 0.15) is 33.2 Å². The molecule has 2 N–H and O–H groups in total. The third kappa shape index (κ3) is 4.86. The second kappa shape index (κ2) is 9.45. The van der Waals surface area contributed by atoms with Crippen molar-refractivity contribution in [1.29, 1.82) is 0 Å². The molecule has 160 valence electrons. The highest BCUT2D eigenvalue weighted by Gasteiger charge is 2.27. The minimum atomic E-state index is -0.633. The summed E-state index contributed by atoms with van der Waals surface area (Å²) in [6.07, 6.45) is 0.985. The minimum Gasteiger partial charge on any atom is -0.346 e. The Kier molecular flexibility index (Phi) is 6.49. The average Bonchev–Trinajstić information content (AvgIpc) is 3.30. The zero-order valence-corrected chi connectivity index (χ0v) is 18.7. The fourth-order valence-electron chi connectivity index (χ4n) is 4.13. The van der Waals surface area contributed by atoms with Crippen molar-refractivity contribution in [2.24, 2.45) is 0 Å². The molecule has 0 bridgehead atoms. The molecule has 0 unspecified atom stereocenters.